The van der Waals surface area contributed by atoms with Gasteiger partial charge in [-0.1, -0.05) is 6.92 Å². The van der Waals surface area contributed by atoms with Crippen molar-refractivity contribution in [1.29, 1.82) is 0 Å². The van der Waals surface area contributed by atoms with Crippen LogP contribution in [0.25, 0.3) is 0 Å². The Hall–Kier alpha value is -0.340. The van der Waals surface area contributed by atoms with Gasteiger partial charge in [0.2, 0.25) is 0 Å². The van der Waals surface area contributed by atoms with Crippen molar-refractivity contribution in [2.75, 3.05) is 13.1 Å². The predicted octanol–water partition coefficient (Wildman–Crippen LogP) is 0.539. The summed E-state index contributed by atoms with van der Waals surface area (Å²) in [5, 5.41) is 9.30. The molecule has 1 heterocycles. The van der Waals surface area contributed by atoms with Crippen LogP contribution in [0.4, 0.5) is 13.2 Å². The highest BCUT2D eigenvalue weighted by Crippen LogP contribution is 2.30. The molecule has 0 bridgehead atoms. The predicted molar refractivity (Wildman–Crippen MR) is 46.3 cm³/mol. The lowest BCUT2D eigenvalue weighted by Crippen LogP contribution is -2.49. The van der Waals surface area contributed by atoms with E-state index in [9.17, 15) is 26.7 Å². The van der Waals surface area contributed by atoms with Crippen LogP contribution in [-0.4, -0.2) is 42.5 Å². The maximum atomic E-state index is 12.1. The summed E-state index contributed by atoms with van der Waals surface area (Å²) >= 11 is 0. The van der Waals surface area contributed by atoms with E-state index in [4.69, 9.17) is 0 Å². The monoisotopic (exact) mass is 247 g/mol. The van der Waals surface area contributed by atoms with Crippen molar-refractivity contribution in [3.63, 3.8) is 0 Å². The number of nitrogens with zero attached hydrogens (tertiary/aromatic N) is 1. The highest BCUT2D eigenvalue weighted by atomic mass is 32.2. The summed E-state index contributed by atoms with van der Waals surface area (Å²) in [4.78, 5) is 0. The zero-order valence-corrected chi connectivity index (χ0v) is 8.85. The van der Waals surface area contributed by atoms with Gasteiger partial charge >= 0.3 is 15.5 Å². The quantitative estimate of drug-likeness (QED) is 0.735. The molecule has 1 saturated heterocycles. The van der Waals surface area contributed by atoms with Crippen molar-refractivity contribution in [2.45, 2.75) is 25.0 Å². The van der Waals surface area contributed by atoms with E-state index in [2.05, 4.69) is 0 Å². The number of aliphatic hydroxyl groups is 1. The minimum absolute atomic E-state index is 0.176. The number of alkyl halides is 3. The molecule has 0 spiro atoms. The SMILES string of the molecule is C[C@H]1CCN(S(=O)(=O)C(F)(F)F)C[C@H]1O. The summed E-state index contributed by atoms with van der Waals surface area (Å²) in [6.07, 6.45) is -0.799. The number of sulfonamides is 1. The topological polar surface area (TPSA) is 57.6 Å². The average Bonchev–Trinajstić information content (AvgIpc) is 2.07. The van der Waals surface area contributed by atoms with Gasteiger partial charge in [0.05, 0.1) is 6.10 Å². The Kier molecular flexibility index (Phi) is 3.32. The lowest BCUT2D eigenvalue weighted by atomic mass is 9.98. The minimum atomic E-state index is -5.28. The molecule has 0 aromatic carbocycles. The number of hydrogen-bond donors (Lipinski definition) is 1. The fourth-order valence-electron chi connectivity index (χ4n) is 1.38. The van der Waals surface area contributed by atoms with Gasteiger partial charge in [0.15, 0.2) is 0 Å². The van der Waals surface area contributed by atoms with Crippen LogP contribution in [0.3, 0.4) is 0 Å². The molecule has 8 heteroatoms. The lowest BCUT2D eigenvalue weighted by molar-refractivity contribution is -0.0521. The molecule has 1 N–H and O–H groups in total. The molecule has 2 atom stereocenters. The number of piperidine rings is 1. The van der Waals surface area contributed by atoms with Crippen LogP contribution in [-0.2, 0) is 10.0 Å². The Bertz CT molecular complexity index is 327. The van der Waals surface area contributed by atoms with Crippen LogP contribution in [0.2, 0.25) is 0 Å². The van der Waals surface area contributed by atoms with Gasteiger partial charge in [-0.25, -0.2) is 8.42 Å². The number of halogens is 3. The summed E-state index contributed by atoms with van der Waals surface area (Å²) in [7, 11) is -5.28. The summed E-state index contributed by atoms with van der Waals surface area (Å²) in [5.74, 6) is -0.176. The standard InChI is InChI=1S/C7H12F3NO3S/c1-5-2-3-11(4-6(5)12)15(13,14)7(8,9)10/h5-6,12H,2-4H2,1H3/t5-,6+/m0/s1. The van der Waals surface area contributed by atoms with Crippen molar-refractivity contribution in [2.24, 2.45) is 5.92 Å². The number of hydrogen-bond acceptors (Lipinski definition) is 3. The molecule has 0 amide bonds. The number of aliphatic hydroxyl groups excluding tert-OH is 1. The molecule has 1 rings (SSSR count). The Morgan fingerprint density at radius 1 is 1.40 bits per heavy atom. The maximum Gasteiger partial charge on any atom is 0.511 e. The molecule has 0 aromatic heterocycles. The average molecular weight is 247 g/mol. The van der Waals surface area contributed by atoms with Gasteiger partial charge in [-0.2, -0.15) is 17.5 Å². The molecule has 0 unspecified atom stereocenters. The fourth-order valence-corrected chi connectivity index (χ4v) is 2.37. The van der Waals surface area contributed by atoms with Gasteiger partial charge in [0.1, 0.15) is 0 Å². The van der Waals surface area contributed by atoms with Gasteiger partial charge in [0, 0.05) is 13.1 Å². The second-order valence-corrected chi connectivity index (χ2v) is 5.57. The van der Waals surface area contributed by atoms with Gasteiger partial charge in [-0.05, 0) is 12.3 Å². The molecular weight excluding hydrogens is 235 g/mol. The third kappa shape index (κ3) is 2.43. The van der Waals surface area contributed by atoms with Gasteiger partial charge < -0.3 is 5.11 Å². The number of β-amino-alcohol motifs (C(OH)–C–C–N with tert-alkyl or cyclic N) is 1. The highest BCUT2D eigenvalue weighted by molar-refractivity contribution is 7.90. The van der Waals surface area contributed by atoms with Crippen LogP contribution in [0, 0.1) is 5.92 Å². The van der Waals surface area contributed by atoms with Crippen LogP contribution < -0.4 is 0 Å². The van der Waals surface area contributed by atoms with Gasteiger partial charge in [-0.3, -0.25) is 0 Å². The molecule has 15 heavy (non-hydrogen) atoms. The van der Waals surface area contributed by atoms with Crippen LogP contribution in [0.5, 0.6) is 0 Å². The first kappa shape index (κ1) is 12.7. The van der Waals surface area contributed by atoms with Crippen LogP contribution in [0.15, 0.2) is 0 Å². The smallest absolute Gasteiger partial charge is 0.391 e. The van der Waals surface area contributed by atoms with E-state index in [-0.39, 0.29) is 23.2 Å². The molecule has 1 aliphatic heterocycles. The summed E-state index contributed by atoms with van der Waals surface area (Å²) < 4.78 is 58.6. The summed E-state index contributed by atoms with van der Waals surface area (Å²) in [6.45, 7) is 0.991. The van der Waals surface area contributed by atoms with Gasteiger partial charge in [0.25, 0.3) is 0 Å². The van der Waals surface area contributed by atoms with E-state index in [1.54, 1.807) is 6.92 Å². The first-order valence-corrected chi connectivity index (χ1v) is 5.84. The fraction of sp³-hybridized carbons (Fsp3) is 1.00. The molecule has 0 aromatic rings. The molecule has 0 saturated carbocycles. The molecule has 0 radical (unpaired) electrons. The first-order valence-electron chi connectivity index (χ1n) is 4.40. The van der Waals surface area contributed by atoms with Crippen LogP contribution in [0.1, 0.15) is 13.3 Å². The van der Waals surface area contributed by atoms with E-state index in [1.807, 2.05) is 0 Å². The second kappa shape index (κ2) is 3.91. The van der Waals surface area contributed by atoms with Crippen molar-refractivity contribution < 1.29 is 26.7 Å². The Balaban J connectivity index is 2.83. The normalized spacial score (nSPS) is 30.5. The largest absolute Gasteiger partial charge is 0.511 e. The highest BCUT2D eigenvalue weighted by Gasteiger charge is 2.51. The van der Waals surface area contributed by atoms with E-state index >= 15 is 0 Å². The third-order valence-corrected chi connectivity index (χ3v) is 4.11. The molecular formula is C7H12F3NO3S. The van der Waals surface area contributed by atoms with E-state index in [1.165, 1.54) is 0 Å². The zero-order valence-electron chi connectivity index (χ0n) is 8.03. The van der Waals surface area contributed by atoms with E-state index < -0.39 is 28.2 Å². The Labute approximate surface area is 85.7 Å². The van der Waals surface area contributed by atoms with Crippen molar-refractivity contribution in [3.8, 4) is 0 Å². The maximum absolute atomic E-state index is 12.1. The molecule has 1 fully saturated rings. The number of rotatable bonds is 1. The van der Waals surface area contributed by atoms with E-state index in [0.717, 1.165) is 0 Å². The van der Waals surface area contributed by atoms with Gasteiger partial charge in [-0.15, -0.1) is 0 Å². The third-order valence-electron chi connectivity index (χ3n) is 2.51. The molecule has 4 nitrogen and oxygen atoms in total. The summed E-state index contributed by atoms with van der Waals surface area (Å²) in [5.41, 5.74) is -5.28. The Morgan fingerprint density at radius 3 is 2.33 bits per heavy atom. The molecule has 90 valence electrons. The van der Waals surface area contributed by atoms with E-state index in [0.29, 0.717) is 0 Å². The summed E-state index contributed by atoms with van der Waals surface area (Å²) in [6, 6.07) is 0. The molecule has 1 aliphatic rings. The Morgan fingerprint density at radius 2 is 1.93 bits per heavy atom. The lowest BCUT2D eigenvalue weighted by Gasteiger charge is -2.33. The van der Waals surface area contributed by atoms with Crippen molar-refractivity contribution >= 4 is 10.0 Å². The zero-order chi connectivity index (χ0) is 11.9. The van der Waals surface area contributed by atoms with Crippen molar-refractivity contribution in [3.05, 3.63) is 0 Å². The molecule has 0 aliphatic carbocycles. The minimum Gasteiger partial charge on any atom is -0.391 e. The first-order chi connectivity index (χ1) is 6.66. The van der Waals surface area contributed by atoms with Crippen LogP contribution >= 0.6 is 0 Å². The second-order valence-electron chi connectivity index (χ2n) is 3.64. The van der Waals surface area contributed by atoms with Crippen molar-refractivity contribution in [1.82, 2.24) is 4.31 Å².